The van der Waals surface area contributed by atoms with E-state index in [9.17, 15) is 4.39 Å². The van der Waals surface area contributed by atoms with Gasteiger partial charge >= 0.3 is 0 Å². The van der Waals surface area contributed by atoms with Crippen LogP contribution in [0.15, 0.2) is 48.5 Å². The van der Waals surface area contributed by atoms with E-state index in [4.69, 9.17) is 5.73 Å². The first-order valence-electron chi connectivity index (χ1n) is 8.17. The Balaban J connectivity index is 1.91. The number of nitrogen functional groups attached to an aromatic ring is 1. The van der Waals surface area contributed by atoms with E-state index in [1.54, 1.807) is 12.1 Å². The van der Waals surface area contributed by atoms with Gasteiger partial charge in [0, 0.05) is 5.69 Å². The first kappa shape index (κ1) is 15.1. The van der Waals surface area contributed by atoms with Crippen molar-refractivity contribution < 1.29 is 4.39 Å². The zero-order valence-electron chi connectivity index (χ0n) is 13.2. The van der Waals surface area contributed by atoms with Crippen LogP contribution >= 0.6 is 0 Å². The molecule has 22 heavy (non-hydrogen) atoms. The molecule has 0 radical (unpaired) electrons. The summed E-state index contributed by atoms with van der Waals surface area (Å²) in [6, 6.07) is 15.4. The van der Waals surface area contributed by atoms with Crippen LogP contribution in [0.1, 0.15) is 49.7 Å². The third-order valence-electron chi connectivity index (χ3n) is 5.20. The van der Waals surface area contributed by atoms with Crippen LogP contribution in [0.5, 0.6) is 0 Å². The fourth-order valence-electron chi connectivity index (χ4n) is 4.00. The standard InChI is InChI=1S/C20H24FN/c1-20(14-15-9-11-16(22)12-10-15)13-5-4-7-18(20)17-6-2-3-8-19(17)21/h2-3,6,8-12,18H,4-5,7,13-14,22H2,1H3. The molecule has 2 unspecified atom stereocenters. The average Bonchev–Trinajstić information content (AvgIpc) is 2.51. The van der Waals surface area contributed by atoms with E-state index < -0.39 is 0 Å². The number of hydrogen-bond donors (Lipinski definition) is 1. The van der Waals surface area contributed by atoms with Gasteiger partial charge in [-0.2, -0.15) is 0 Å². The molecule has 1 aliphatic rings. The largest absolute Gasteiger partial charge is 0.399 e. The topological polar surface area (TPSA) is 26.0 Å². The smallest absolute Gasteiger partial charge is 0.126 e. The number of halogens is 1. The molecule has 2 heteroatoms. The summed E-state index contributed by atoms with van der Waals surface area (Å²) in [6.45, 7) is 2.32. The normalized spacial score (nSPS) is 25.1. The summed E-state index contributed by atoms with van der Waals surface area (Å²) < 4.78 is 14.3. The van der Waals surface area contributed by atoms with Crippen LogP contribution in [0, 0.1) is 11.2 Å². The fourth-order valence-corrected chi connectivity index (χ4v) is 4.00. The van der Waals surface area contributed by atoms with Gasteiger partial charge in [0.25, 0.3) is 0 Å². The summed E-state index contributed by atoms with van der Waals surface area (Å²) in [5, 5.41) is 0. The molecule has 0 aromatic heterocycles. The van der Waals surface area contributed by atoms with Gasteiger partial charge in [0.05, 0.1) is 0 Å². The molecule has 2 aromatic carbocycles. The lowest BCUT2D eigenvalue weighted by atomic mass is 9.62. The van der Waals surface area contributed by atoms with E-state index in [0.29, 0.717) is 5.92 Å². The van der Waals surface area contributed by atoms with Gasteiger partial charge in [-0.25, -0.2) is 4.39 Å². The van der Waals surface area contributed by atoms with Gasteiger partial charge in [0.15, 0.2) is 0 Å². The highest BCUT2D eigenvalue weighted by atomic mass is 19.1. The minimum Gasteiger partial charge on any atom is -0.399 e. The van der Waals surface area contributed by atoms with Crippen LogP contribution in [0.25, 0.3) is 0 Å². The van der Waals surface area contributed by atoms with Crippen molar-refractivity contribution in [3.05, 3.63) is 65.5 Å². The molecule has 1 saturated carbocycles. The molecule has 116 valence electrons. The van der Waals surface area contributed by atoms with Crippen molar-refractivity contribution in [1.29, 1.82) is 0 Å². The zero-order valence-corrected chi connectivity index (χ0v) is 13.2. The molecule has 1 nitrogen and oxygen atoms in total. The minimum absolute atomic E-state index is 0.0575. The van der Waals surface area contributed by atoms with Crippen molar-refractivity contribution in [3.8, 4) is 0 Å². The third kappa shape index (κ3) is 3.01. The van der Waals surface area contributed by atoms with Crippen LogP contribution in [-0.2, 0) is 6.42 Å². The van der Waals surface area contributed by atoms with E-state index in [1.807, 2.05) is 24.3 Å². The average molecular weight is 297 g/mol. The second-order valence-corrected chi connectivity index (χ2v) is 6.89. The number of anilines is 1. The number of rotatable bonds is 3. The highest BCUT2D eigenvalue weighted by Crippen LogP contribution is 2.49. The third-order valence-corrected chi connectivity index (χ3v) is 5.20. The molecule has 1 aliphatic carbocycles. The molecular formula is C20H24FN. The first-order valence-corrected chi connectivity index (χ1v) is 8.17. The maximum atomic E-state index is 14.3. The van der Waals surface area contributed by atoms with Crippen LogP contribution in [0.4, 0.5) is 10.1 Å². The lowest BCUT2D eigenvalue weighted by Crippen LogP contribution is -2.32. The van der Waals surface area contributed by atoms with Crippen LogP contribution < -0.4 is 5.73 Å². The van der Waals surface area contributed by atoms with Crippen LogP contribution in [0.2, 0.25) is 0 Å². The van der Waals surface area contributed by atoms with Gasteiger partial charge in [-0.1, -0.05) is 50.1 Å². The number of nitrogens with two attached hydrogens (primary N) is 1. The predicted octanol–water partition coefficient (Wildman–Crippen LogP) is 5.31. The predicted molar refractivity (Wildman–Crippen MR) is 90.3 cm³/mol. The Morgan fingerprint density at radius 2 is 1.82 bits per heavy atom. The van der Waals surface area contributed by atoms with Gasteiger partial charge in [-0.3, -0.25) is 0 Å². The summed E-state index contributed by atoms with van der Waals surface area (Å²) in [6.07, 6.45) is 5.63. The summed E-state index contributed by atoms with van der Waals surface area (Å²) in [5.74, 6) is 0.234. The second-order valence-electron chi connectivity index (χ2n) is 6.89. The summed E-state index contributed by atoms with van der Waals surface area (Å²) >= 11 is 0. The molecule has 0 spiro atoms. The first-order chi connectivity index (χ1) is 10.6. The molecule has 0 saturated heterocycles. The maximum absolute atomic E-state index is 14.3. The molecule has 2 N–H and O–H groups in total. The Bertz CT molecular complexity index is 634. The molecule has 2 aromatic rings. The quantitative estimate of drug-likeness (QED) is 0.763. The van der Waals surface area contributed by atoms with Crippen molar-refractivity contribution >= 4 is 5.69 Å². The van der Waals surface area contributed by atoms with Crippen molar-refractivity contribution in [2.24, 2.45) is 5.41 Å². The second kappa shape index (κ2) is 6.12. The van der Waals surface area contributed by atoms with E-state index >= 15 is 0 Å². The highest BCUT2D eigenvalue weighted by Gasteiger charge is 2.38. The van der Waals surface area contributed by atoms with Crippen LogP contribution in [0.3, 0.4) is 0 Å². The molecule has 2 atom stereocenters. The molecule has 0 amide bonds. The lowest BCUT2D eigenvalue weighted by molar-refractivity contribution is 0.170. The van der Waals surface area contributed by atoms with Crippen molar-refractivity contribution in [2.45, 2.75) is 44.9 Å². The SMILES string of the molecule is CC1(Cc2ccc(N)cc2)CCCCC1c1ccccc1F. The molecule has 0 bridgehead atoms. The summed E-state index contributed by atoms with van der Waals surface area (Å²) in [4.78, 5) is 0. The van der Waals surface area contributed by atoms with Gasteiger partial charge in [0.1, 0.15) is 5.82 Å². The zero-order chi connectivity index (χ0) is 15.6. The monoisotopic (exact) mass is 297 g/mol. The molecule has 3 rings (SSSR count). The maximum Gasteiger partial charge on any atom is 0.126 e. The fraction of sp³-hybridized carbons (Fsp3) is 0.400. The van der Waals surface area contributed by atoms with Gasteiger partial charge in [-0.05, 0) is 59.9 Å². The van der Waals surface area contributed by atoms with E-state index in [-0.39, 0.29) is 11.2 Å². The van der Waals surface area contributed by atoms with Crippen molar-refractivity contribution in [1.82, 2.24) is 0 Å². The van der Waals surface area contributed by atoms with E-state index in [1.165, 1.54) is 18.4 Å². The molecular weight excluding hydrogens is 273 g/mol. The van der Waals surface area contributed by atoms with Crippen LogP contribution in [-0.4, -0.2) is 0 Å². The van der Waals surface area contributed by atoms with Gasteiger partial charge in [0.2, 0.25) is 0 Å². The van der Waals surface area contributed by atoms with E-state index in [2.05, 4.69) is 19.1 Å². The van der Waals surface area contributed by atoms with Gasteiger partial charge in [-0.15, -0.1) is 0 Å². The van der Waals surface area contributed by atoms with E-state index in [0.717, 1.165) is 30.5 Å². The molecule has 0 heterocycles. The Hall–Kier alpha value is -1.83. The molecule has 1 fully saturated rings. The van der Waals surface area contributed by atoms with Crippen molar-refractivity contribution in [3.63, 3.8) is 0 Å². The number of hydrogen-bond acceptors (Lipinski definition) is 1. The van der Waals surface area contributed by atoms with Crippen molar-refractivity contribution in [2.75, 3.05) is 5.73 Å². The lowest BCUT2D eigenvalue weighted by Gasteiger charge is -2.42. The Morgan fingerprint density at radius 3 is 2.55 bits per heavy atom. The highest BCUT2D eigenvalue weighted by molar-refractivity contribution is 5.39. The Labute approximate surface area is 132 Å². The Morgan fingerprint density at radius 1 is 1.09 bits per heavy atom. The van der Waals surface area contributed by atoms with Gasteiger partial charge < -0.3 is 5.73 Å². The molecule has 0 aliphatic heterocycles. The summed E-state index contributed by atoms with van der Waals surface area (Å²) in [7, 11) is 0. The summed E-state index contributed by atoms with van der Waals surface area (Å²) in [5.41, 5.74) is 8.86. The Kier molecular flexibility index (Phi) is 4.19. The number of benzene rings is 2. The minimum atomic E-state index is -0.0575.